The monoisotopic (exact) mass is 342 g/mol. The SMILES string of the molecule is CCOC(=O)C(Cc1cccc2ccccc12)C(=O)NCCN(C)C. The van der Waals surface area contributed by atoms with Gasteiger partial charge < -0.3 is 15.0 Å². The molecule has 0 saturated carbocycles. The summed E-state index contributed by atoms with van der Waals surface area (Å²) in [4.78, 5) is 26.9. The van der Waals surface area contributed by atoms with E-state index in [2.05, 4.69) is 5.32 Å². The van der Waals surface area contributed by atoms with E-state index in [4.69, 9.17) is 4.74 Å². The summed E-state index contributed by atoms with van der Waals surface area (Å²) in [6.45, 7) is 3.22. The summed E-state index contributed by atoms with van der Waals surface area (Å²) < 4.78 is 5.13. The molecule has 134 valence electrons. The molecule has 1 N–H and O–H groups in total. The van der Waals surface area contributed by atoms with Crippen LogP contribution in [-0.2, 0) is 20.7 Å². The summed E-state index contributed by atoms with van der Waals surface area (Å²) in [5.74, 6) is -1.60. The van der Waals surface area contributed by atoms with E-state index in [1.165, 1.54) is 0 Å². The van der Waals surface area contributed by atoms with Crippen LogP contribution in [0.2, 0.25) is 0 Å². The van der Waals surface area contributed by atoms with E-state index in [1.54, 1.807) is 6.92 Å². The molecule has 1 unspecified atom stereocenters. The summed E-state index contributed by atoms with van der Waals surface area (Å²) in [6.07, 6.45) is 0.327. The first-order valence-corrected chi connectivity index (χ1v) is 8.58. The fourth-order valence-corrected chi connectivity index (χ4v) is 2.74. The van der Waals surface area contributed by atoms with Crippen molar-refractivity contribution < 1.29 is 14.3 Å². The van der Waals surface area contributed by atoms with Crippen molar-refractivity contribution in [1.29, 1.82) is 0 Å². The summed E-state index contributed by atoms with van der Waals surface area (Å²) in [5, 5.41) is 4.99. The fraction of sp³-hybridized carbons (Fsp3) is 0.400. The molecule has 0 fully saturated rings. The van der Waals surface area contributed by atoms with Crippen LogP contribution >= 0.6 is 0 Å². The highest BCUT2D eigenvalue weighted by Crippen LogP contribution is 2.22. The molecule has 0 saturated heterocycles. The van der Waals surface area contributed by atoms with E-state index in [9.17, 15) is 9.59 Å². The molecule has 0 bridgehead atoms. The van der Waals surface area contributed by atoms with Crippen molar-refractivity contribution >= 4 is 22.6 Å². The number of nitrogens with one attached hydrogen (secondary N) is 1. The molecular formula is C20H26N2O3. The van der Waals surface area contributed by atoms with Crippen molar-refractivity contribution in [2.75, 3.05) is 33.8 Å². The quantitative estimate of drug-likeness (QED) is 0.590. The van der Waals surface area contributed by atoms with E-state index < -0.39 is 11.9 Å². The maximum Gasteiger partial charge on any atom is 0.318 e. The Labute approximate surface area is 149 Å². The highest BCUT2D eigenvalue weighted by atomic mass is 16.5. The fourth-order valence-electron chi connectivity index (χ4n) is 2.74. The van der Waals surface area contributed by atoms with E-state index in [0.717, 1.165) is 22.9 Å². The molecule has 1 atom stereocenters. The highest BCUT2D eigenvalue weighted by molar-refractivity contribution is 5.98. The molecule has 2 rings (SSSR count). The maximum absolute atomic E-state index is 12.6. The van der Waals surface area contributed by atoms with Crippen molar-refractivity contribution in [3.8, 4) is 0 Å². The zero-order valence-electron chi connectivity index (χ0n) is 15.1. The van der Waals surface area contributed by atoms with Crippen LogP contribution in [0, 0.1) is 5.92 Å². The zero-order valence-corrected chi connectivity index (χ0v) is 15.1. The van der Waals surface area contributed by atoms with Crippen LogP contribution in [0.4, 0.5) is 0 Å². The van der Waals surface area contributed by atoms with Gasteiger partial charge in [-0.2, -0.15) is 0 Å². The van der Waals surface area contributed by atoms with Crippen LogP contribution in [0.3, 0.4) is 0 Å². The number of likely N-dealkylation sites (N-methyl/N-ethyl adjacent to an activating group) is 1. The number of nitrogens with zero attached hydrogens (tertiary/aromatic N) is 1. The minimum atomic E-state index is -0.840. The van der Waals surface area contributed by atoms with Crippen LogP contribution in [-0.4, -0.2) is 50.6 Å². The lowest BCUT2D eigenvalue weighted by Gasteiger charge is -2.18. The average molecular weight is 342 g/mol. The number of carbonyl (C=O) groups excluding carboxylic acids is 2. The topological polar surface area (TPSA) is 58.6 Å². The van der Waals surface area contributed by atoms with Crippen LogP contribution in [0.1, 0.15) is 12.5 Å². The number of ether oxygens (including phenoxy) is 1. The second-order valence-electron chi connectivity index (χ2n) is 6.24. The largest absolute Gasteiger partial charge is 0.465 e. The molecule has 0 aliphatic heterocycles. The minimum Gasteiger partial charge on any atom is -0.465 e. The van der Waals surface area contributed by atoms with Crippen LogP contribution in [0.15, 0.2) is 42.5 Å². The van der Waals surface area contributed by atoms with Gasteiger partial charge in [0.2, 0.25) is 5.91 Å². The molecule has 0 radical (unpaired) electrons. The zero-order chi connectivity index (χ0) is 18.2. The third-order valence-corrected chi connectivity index (χ3v) is 4.05. The van der Waals surface area contributed by atoms with Gasteiger partial charge in [0.1, 0.15) is 5.92 Å². The minimum absolute atomic E-state index is 0.260. The predicted octanol–water partition coefficient (Wildman–Crippen LogP) is 2.24. The number of hydrogen-bond donors (Lipinski definition) is 1. The van der Waals surface area contributed by atoms with Crippen LogP contribution < -0.4 is 5.32 Å². The molecule has 1 amide bonds. The van der Waals surface area contributed by atoms with Gasteiger partial charge in [-0.1, -0.05) is 42.5 Å². The smallest absolute Gasteiger partial charge is 0.318 e. The number of fused-ring (bicyclic) bond motifs is 1. The Morgan fingerprint density at radius 3 is 2.56 bits per heavy atom. The van der Waals surface area contributed by atoms with Gasteiger partial charge in [0.25, 0.3) is 0 Å². The number of rotatable bonds is 8. The van der Waals surface area contributed by atoms with Crippen molar-refractivity contribution in [2.45, 2.75) is 13.3 Å². The molecule has 2 aromatic rings. The Kier molecular flexibility index (Phi) is 6.95. The second-order valence-corrected chi connectivity index (χ2v) is 6.24. The molecule has 0 spiro atoms. The third-order valence-electron chi connectivity index (χ3n) is 4.05. The molecule has 2 aromatic carbocycles. The summed E-state index contributed by atoms with van der Waals surface area (Å²) >= 11 is 0. The Bertz CT molecular complexity index is 722. The number of amides is 1. The summed E-state index contributed by atoms with van der Waals surface area (Å²) in [7, 11) is 3.87. The van der Waals surface area contributed by atoms with Crippen molar-refractivity contribution in [2.24, 2.45) is 5.92 Å². The molecular weight excluding hydrogens is 316 g/mol. The lowest BCUT2D eigenvalue weighted by atomic mass is 9.94. The van der Waals surface area contributed by atoms with Gasteiger partial charge in [-0.05, 0) is 43.8 Å². The van der Waals surface area contributed by atoms with Crippen LogP contribution in [0.5, 0.6) is 0 Å². The average Bonchev–Trinajstić information content (AvgIpc) is 2.59. The normalized spacial score (nSPS) is 12.2. The molecule has 25 heavy (non-hydrogen) atoms. The Balaban J connectivity index is 2.20. The summed E-state index contributed by atoms with van der Waals surface area (Å²) in [5.41, 5.74) is 0.971. The van der Waals surface area contributed by atoms with Gasteiger partial charge in [0, 0.05) is 13.1 Å². The number of carbonyl (C=O) groups is 2. The lowest BCUT2D eigenvalue weighted by molar-refractivity contribution is -0.152. The van der Waals surface area contributed by atoms with Crippen molar-refractivity contribution in [1.82, 2.24) is 10.2 Å². The molecule has 0 aliphatic rings. The van der Waals surface area contributed by atoms with Crippen LogP contribution in [0.25, 0.3) is 10.8 Å². The molecule has 0 heterocycles. The van der Waals surface area contributed by atoms with Gasteiger partial charge in [-0.25, -0.2) is 0 Å². The maximum atomic E-state index is 12.6. The first kappa shape index (κ1) is 18.9. The van der Waals surface area contributed by atoms with Crippen molar-refractivity contribution in [3.63, 3.8) is 0 Å². The first-order valence-electron chi connectivity index (χ1n) is 8.58. The van der Waals surface area contributed by atoms with Gasteiger partial charge in [-0.3, -0.25) is 9.59 Å². The Hall–Kier alpha value is -2.40. The van der Waals surface area contributed by atoms with E-state index in [-0.39, 0.29) is 12.5 Å². The molecule has 5 heteroatoms. The highest BCUT2D eigenvalue weighted by Gasteiger charge is 2.28. The van der Waals surface area contributed by atoms with Gasteiger partial charge in [-0.15, -0.1) is 0 Å². The van der Waals surface area contributed by atoms with Gasteiger partial charge >= 0.3 is 5.97 Å². The second kappa shape index (κ2) is 9.18. The van der Waals surface area contributed by atoms with Gasteiger partial charge in [0.05, 0.1) is 6.61 Å². The van der Waals surface area contributed by atoms with Gasteiger partial charge in [0.15, 0.2) is 0 Å². The molecule has 0 aliphatic carbocycles. The van der Waals surface area contributed by atoms with E-state index >= 15 is 0 Å². The van der Waals surface area contributed by atoms with E-state index in [1.807, 2.05) is 61.5 Å². The molecule has 5 nitrogen and oxygen atoms in total. The number of hydrogen-bond acceptors (Lipinski definition) is 4. The first-order chi connectivity index (χ1) is 12.0. The molecule has 0 aromatic heterocycles. The summed E-state index contributed by atoms with van der Waals surface area (Å²) in [6, 6.07) is 13.9. The number of benzene rings is 2. The number of esters is 1. The van der Waals surface area contributed by atoms with E-state index in [0.29, 0.717) is 13.0 Å². The van der Waals surface area contributed by atoms with Crippen molar-refractivity contribution in [3.05, 3.63) is 48.0 Å². The Morgan fingerprint density at radius 2 is 1.84 bits per heavy atom. The predicted molar refractivity (Wildman–Crippen MR) is 99.3 cm³/mol. The third kappa shape index (κ3) is 5.29. The Morgan fingerprint density at radius 1 is 1.12 bits per heavy atom. The lowest BCUT2D eigenvalue weighted by Crippen LogP contribution is -2.40. The standard InChI is InChI=1S/C20H26N2O3/c1-4-25-20(24)18(19(23)21-12-13-22(2)3)14-16-10-7-9-15-8-5-6-11-17(15)16/h5-11,18H,4,12-14H2,1-3H3,(H,21,23).